The fraction of sp³-hybridized carbons (Fsp3) is 0.111. The molecule has 0 radical (unpaired) electrons. The van der Waals surface area contributed by atoms with Crippen LogP contribution in [-0.4, -0.2) is 17.9 Å². The zero-order chi connectivity index (χ0) is 12.3. The molecule has 0 atom stereocenters. The fourth-order valence-corrected chi connectivity index (χ4v) is 1.24. The summed E-state index contributed by atoms with van der Waals surface area (Å²) in [5.74, 6) is -0.940. The number of nitriles is 1. The van der Waals surface area contributed by atoms with Crippen molar-refractivity contribution in [1.29, 1.82) is 5.26 Å². The molecule has 0 unspecified atom stereocenters. The topological polar surface area (TPSA) is 119 Å². The molecule has 82 valence electrons. The van der Waals surface area contributed by atoms with Gasteiger partial charge in [0, 0.05) is 0 Å². The Morgan fingerprint density at radius 3 is 2.62 bits per heavy atom. The molecule has 0 aliphatic rings. The monoisotopic (exact) mass is 221 g/mol. The van der Waals surface area contributed by atoms with Gasteiger partial charge in [0.05, 0.1) is 12.0 Å². The van der Waals surface area contributed by atoms with Crippen molar-refractivity contribution in [3.05, 3.63) is 33.4 Å². The number of carbonyl (C=O) groups is 1. The zero-order valence-corrected chi connectivity index (χ0v) is 8.26. The third-order valence-electron chi connectivity index (χ3n) is 1.92. The molecule has 16 heavy (non-hydrogen) atoms. The zero-order valence-electron chi connectivity index (χ0n) is 8.26. The van der Waals surface area contributed by atoms with Crippen molar-refractivity contribution >= 4 is 11.6 Å². The molecule has 0 heterocycles. The van der Waals surface area contributed by atoms with E-state index < -0.39 is 16.5 Å². The third kappa shape index (κ3) is 1.76. The van der Waals surface area contributed by atoms with E-state index in [1.54, 1.807) is 6.07 Å². The molecule has 0 saturated carbocycles. The van der Waals surface area contributed by atoms with Gasteiger partial charge in [0.2, 0.25) is 0 Å². The van der Waals surface area contributed by atoms with Gasteiger partial charge in [0.25, 0.3) is 5.91 Å². The molecular formula is C9H7N3O4. The number of nitrogens with zero attached hydrogens (tertiary/aromatic N) is 2. The first-order valence-electron chi connectivity index (χ1n) is 4.08. The van der Waals surface area contributed by atoms with E-state index in [4.69, 9.17) is 15.7 Å². The van der Waals surface area contributed by atoms with Crippen molar-refractivity contribution in [3.63, 3.8) is 0 Å². The van der Waals surface area contributed by atoms with Gasteiger partial charge in [0.15, 0.2) is 5.56 Å². The maximum Gasteiger partial charge on any atom is 0.303 e. The van der Waals surface area contributed by atoms with Gasteiger partial charge < -0.3 is 10.5 Å². The average molecular weight is 221 g/mol. The van der Waals surface area contributed by atoms with Crippen molar-refractivity contribution in [2.45, 2.75) is 0 Å². The molecule has 0 aromatic heterocycles. The summed E-state index contributed by atoms with van der Waals surface area (Å²) in [5, 5.41) is 19.6. The van der Waals surface area contributed by atoms with Crippen LogP contribution in [0.5, 0.6) is 5.75 Å². The van der Waals surface area contributed by atoms with E-state index in [1.807, 2.05) is 0 Å². The number of benzene rings is 1. The van der Waals surface area contributed by atoms with E-state index in [1.165, 1.54) is 13.2 Å². The normalized spacial score (nSPS) is 9.25. The number of amides is 1. The highest BCUT2D eigenvalue weighted by molar-refractivity contribution is 5.98. The Hall–Kier alpha value is -2.62. The number of hydrogen-bond donors (Lipinski definition) is 1. The molecule has 0 fully saturated rings. The molecule has 2 N–H and O–H groups in total. The van der Waals surface area contributed by atoms with Crippen molar-refractivity contribution < 1.29 is 14.5 Å². The Bertz CT molecular complexity index is 504. The van der Waals surface area contributed by atoms with Crippen molar-refractivity contribution in [3.8, 4) is 11.8 Å². The van der Waals surface area contributed by atoms with Gasteiger partial charge in [-0.15, -0.1) is 0 Å². The van der Waals surface area contributed by atoms with Crippen LogP contribution in [0.25, 0.3) is 0 Å². The lowest BCUT2D eigenvalue weighted by Crippen LogP contribution is -2.14. The van der Waals surface area contributed by atoms with Crippen LogP contribution in [0.4, 0.5) is 5.69 Å². The SMILES string of the molecule is COc1ccc(C(N)=O)c([N+](=O)[O-])c1C#N. The lowest BCUT2D eigenvalue weighted by atomic mass is 10.1. The smallest absolute Gasteiger partial charge is 0.303 e. The van der Waals surface area contributed by atoms with E-state index in [0.29, 0.717) is 0 Å². The number of carbonyl (C=O) groups excluding carboxylic acids is 1. The second-order valence-corrected chi connectivity index (χ2v) is 2.77. The molecule has 7 heteroatoms. The summed E-state index contributed by atoms with van der Waals surface area (Å²) in [6.07, 6.45) is 0. The number of hydrogen-bond acceptors (Lipinski definition) is 5. The van der Waals surface area contributed by atoms with Crippen LogP contribution in [0.3, 0.4) is 0 Å². The largest absolute Gasteiger partial charge is 0.495 e. The summed E-state index contributed by atoms with van der Waals surface area (Å²) in [4.78, 5) is 20.9. The van der Waals surface area contributed by atoms with Gasteiger partial charge >= 0.3 is 5.69 Å². The molecule has 1 aromatic carbocycles. The van der Waals surface area contributed by atoms with Crippen LogP contribution < -0.4 is 10.5 Å². The minimum atomic E-state index is -0.967. The van der Waals surface area contributed by atoms with Crippen LogP contribution in [0.15, 0.2) is 12.1 Å². The van der Waals surface area contributed by atoms with Crippen LogP contribution >= 0.6 is 0 Å². The van der Waals surface area contributed by atoms with E-state index in [-0.39, 0.29) is 16.9 Å². The van der Waals surface area contributed by atoms with E-state index in [2.05, 4.69) is 0 Å². The summed E-state index contributed by atoms with van der Waals surface area (Å²) in [5.41, 5.74) is 3.71. The maximum atomic E-state index is 11.0. The number of rotatable bonds is 3. The Balaban J connectivity index is 3.65. The predicted molar refractivity (Wildman–Crippen MR) is 52.9 cm³/mol. The van der Waals surface area contributed by atoms with Crippen LogP contribution in [0.1, 0.15) is 15.9 Å². The van der Waals surface area contributed by atoms with Crippen molar-refractivity contribution in [1.82, 2.24) is 0 Å². The van der Waals surface area contributed by atoms with Gasteiger partial charge in [-0.05, 0) is 12.1 Å². The minimum absolute atomic E-state index is 0.0270. The number of nitro groups is 1. The quantitative estimate of drug-likeness (QED) is 0.591. The lowest BCUT2D eigenvalue weighted by Gasteiger charge is -2.05. The first-order valence-corrected chi connectivity index (χ1v) is 4.08. The Labute approximate surface area is 90.2 Å². The van der Waals surface area contributed by atoms with Gasteiger partial charge in [-0.1, -0.05) is 0 Å². The Kier molecular flexibility index (Phi) is 3.06. The van der Waals surface area contributed by atoms with Crippen molar-refractivity contribution in [2.75, 3.05) is 7.11 Å². The number of primary amides is 1. The molecule has 0 saturated heterocycles. The fourth-order valence-electron chi connectivity index (χ4n) is 1.24. The number of ether oxygens (including phenoxy) is 1. The van der Waals surface area contributed by atoms with Crippen LogP contribution in [0.2, 0.25) is 0 Å². The molecule has 0 bridgehead atoms. The standard InChI is InChI=1S/C9H7N3O4/c1-16-7-3-2-5(9(11)13)8(12(14)15)6(7)4-10/h2-3H,1H3,(H2,11,13). The number of nitro benzene ring substituents is 1. The Morgan fingerprint density at radius 2 is 2.25 bits per heavy atom. The van der Waals surface area contributed by atoms with E-state index >= 15 is 0 Å². The van der Waals surface area contributed by atoms with Gasteiger partial charge in [-0.3, -0.25) is 14.9 Å². The highest BCUT2D eigenvalue weighted by atomic mass is 16.6. The second kappa shape index (κ2) is 4.27. The average Bonchev–Trinajstić information content (AvgIpc) is 2.26. The van der Waals surface area contributed by atoms with Gasteiger partial charge in [-0.2, -0.15) is 5.26 Å². The predicted octanol–water partition coefficient (Wildman–Crippen LogP) is 0.574. The van der Waals surface area contributed by atoms with Crippen LogP contribution in [-0.2, 0) is 0 Å². The molecule has 0 spiro atoms. The number of nitrogens with two attached hydrogens (primary N) is 1. The third-order valence-corrected chi connectivity index (χ3v) is 1.92. The number of methoxy groups -OCH3 is 1. The molecule has 0 aliphatic heterocycles. The molecule has 0 aliphatic carbocycles. The van der Waals surface area contributed by atoms with Crippen LogP contribution in [0, 0.1) is 21.4 Å². The minimum Gasteiger partial charge on any atom is -0.495 e. The highest BCUT2D eigenvalue weighted by Gasteiger charge is 2.26. The first kappa shape index (κ1) is 11.5. The summed E-state index contributed by atoms with van der Waals surface area (Å²) >= 11 is 0. The molecule has 1 amide bonds. The van der Waals surface area contributed by atoms with Gasteiger partial charge in [0.1, 0.15) is 17.4 Å². The van der Waals surface area contributed by atoms with E-state index in [9.17, 15) is 14.9 Å². The lowest BCUT2D eigenvalue weighted by molar-refractivity contribution is -0.385. The summed E-state index contributed by atoms with van der Waals surface area (Å²) < 4.78 is 4.78. The summed E-state index contributed by atoms with van der Waals surface area (Å²) in [6.45, 7) is 0. The Morgan fingerprint density at radius 1 is 1.62 bits per heavy atom. The summed E-state index contributed by atoms with van der Waals surface area (Å²) in [6, 6.07) is 4.05. The second-order valence-electron chi connectivity index (χ2n) is 2.77. The summed E-state index contributed by atoms with van der Waals surface area (Å²) in [7, 11) is 1.27. The van der Waals surface area contributed by atoms with Gasteiger partial charge in [-0.25, -0.2) is 0 Å². The molecular weight excluding hydrogens is 214 g/mol. The highest BCUT2D eigenvalue weighted by Crippen LogP contribution is 2.30. The maximum absolute atomic E-state index is 11.0. The molecule has 1 rings (SSSR count). The van der Waals surface area contributed by atoms with Crippen molar-refractivity contribution in [2.24, 2.45) is 5.73 Å². The molecule has 7 nitrogen and oxygen atoms in total. The first-order chi connectivity index (χ1) is 7.52. The molecule has 1 aromatic rings. The van der Waals surface area contributed by atoms with E-state index in [0.717, 1.165) is 6.07 Å².